The van der Waals surface area contributed by atoms with Gasteiger partial charge in [0.2, 0.25) is 0 Å². The van der Waals surface area contributed by atoms with Crippen LogP contribution in [0.25, 0.3) is 5.65 Å². The molecule has 0 saturated heterocycles. The van der Waals surface area contributed by atoms with E-state index in [2.05, 4.69) is 4.98 Å². The highest BCUT2D eigenvalue weighted by Gasteiger charge is 2.23. The number of hydrogen-bond donors (Lipinski definition) is 0. The van der Waals surface area contributed by atoms with Crippen LogP contribution in [0, 0.1) is 13.8 Å². The van der Waals surface area contributed by atoms with Crippen LogP contribution in [0.1, 0.15) is 48.4 Å². The lowest BCUT2D eigenvalue weighted by molar-refractivity contribution is -0.143. The Kier molecular flexibility index (Phi) is 5.95. The average molecular weight is 331 g/mol. The third kappa shape index (κ3) is 3.75. The molecule has 0 atom stereocenters. The number of nitrogens with zero attached hydrogens (tertiary/aromatic N) is 3. The summed E-state index contributed by atoms with van der Waals surface area (Å²) in [6, 6.07) is 3.88. The maximum atomic E-state index is 13.0. The number of rotatable bonds is 7. The van der Waals surface area contributed by atoms with Gasteiger partial charge >= 0.3 is 5.97 Å². The van der Waals surface area contributed by atoms with Gasteiger partial charge in [-0.1, -0.05) is 13.0 Å². The molecule has 0 N–H and O–H groups in total. The first-order chi connectivity index (χ1) is 11.5. The van der Waals surface area contributed by atoms with E-state index in [1.807, 2.05) is 43.5 Å². The number of carbonyl (C=O) groups is 2. The summed E-state index contributed by atoms with van der Waals surface area (Å²) in [5, 5.41) is 0. The third-order valence-corrected chi connectivity index (χ3v) is 3.89. The van der Waals surface area contributed by atoms with E-state index in [0.717, 1.165) is 17.6 Å². The van der Waals surface area contributed by atoms with Crippen LogP contribution >= 0.6 is 0 Å². The molecule has 24 heavy (non-hydrogen) atoms. The number of ether oxygens (including phenoxy) is 1. The van der Waals surface area contributed by atoms with E-state index in [4.69, 9.17) is 4.74 Å². The standard InChI is InChI=1S/C18H25N3O3/c1-5-10-20(12-9-15(22)24-6-2)18(23)16-14(4)19-17-13(3)8-7-11-21(16)17/h7-8,11H,5-6,9-10,12H2,1-4H3. The Labute approximate surface area is 142 Å². The fourth-order valence-electron chi connectivity index (χ4n) is 2.77. The van der Waals surface area contributed by atoms with Crippen molar-refractivity contribution in [2.24, 2.45) is 0 Å². The van der Waals surface area contributed by atoms with Crippen molar-refractivity contribution in [3.05, 3.63) is 35.3 Å². The predicted octanol–water partition coefficient (Wildman–Crippen LogP) is 2.76. The van der Waals surface area contributed by atoms with Crippen LogP contribution in [-0.2, 0) is 9.53 Å². The van der Waals surface area contributed by atoms with Gasteiger partial charge in [0.1, 0.15) is 11.3 Å². The van der Waals surface area contributed by atoms with Gasteiger partial charge in [-0.05, 0) is 38.8 Å². The number of aryl methyl sites for hydroxylation is 2. The number of fused-ring (bicyclic) bond motifs is 1. The molecule has 0 fully saturated rings. The molecule has 130 valence electrons. The molecule has 1 amide bonds. The normalized spacial score (nSPS) is 10.8. The minimum absolute atomic E-state index is 0.100. The minimum atomic E-state index is -0.280. The molecule has 2 aromatic rings. The summed E-state index contributed by atoms with van der Waals surface area (Å²) in [7, 11) is 0. The smallest absolute Gasteiger partial charge is 0.307 e. The molecule has 2 aromatic heterocycles. The predicted molar refractivity (Wildman–Crippen MR) is 92.1 cm³/mol. The van der Waals surface area contributed by atoms with Crippen LogP contribution < -0.4 is 0 Å². The Morgan fingerprint density at radius 1 is 1.25 bits per heavy atom. The lowest BCUT2D eigenvalue weighted by Gasteiger charge is -2.22. The molecule has 0 radical (unpaired) electrons. The van der Waals surface area contributed by atoms with E-state index < -0.39 is 0 Å². The van der Waals surface area contributed by atoms with Crippen LogP contribution in [0.3, 0.4) is 0 Å². The summed E-state index contributed by atoms with van der Waals surface area (Å²) in [6.45, 7) is 8.90. The first kappa shape index (κ1) is 18.0. The molecule has 0 bridgehead atoms. The number of esters is 1. The van der Waals surface area contributed by atoms with Crippen LogP contribution in [0.4, 0.5) is 0 Å². The van der Waals surface area contributed by atoms with Crippen molar-refractivity contribution >= 4 is 17.5 Å². The molecule has 0 spiro atoms. The van der Waals surface area contributed by atoms with Gasteiger partial charge in [0.25, 0.3) is 5.91 Å². The maximum absolute atomic E-state index is 13.0. The molecule has 6 nitrogen and oxygen atoms in total. The van der Waals surface area contributed by atoms with Crippen LogP contribution in [-0.4, -0.2) is 45.9 Å². The Morgan fingerprint density at radius 3 is 2.67 bits per heavy atom. The van der Waals surface area contributed by atoms with Crippen molar-refractivity contribution in [1.82, 2.24) is 14.3 Å². The van der Waals surface area contributed by atoms with Crippen LogP contribution in [0.2, 0.25) is 0 Å². The monoisotopic (exact) mass is 331 g/mol. The van der Waals surface area contributed by atoms with Crippen molar-refractivity contribution in [3.8, 4) is 0 Å². The third-order valence-electron chi connectivity index (χ3n) is 3.89. The van der Waals surface area contributed by atoms with E-state index in [-0.39, 0.29) is 18.3 Å². The van der Waals surface area contributed by atoms with Crippen LogP contribution in [0.15, 0.2) is 18.3 Å². The second-order valence-electron chi connectivity index (χ2n) is 5.78. The van der Waals surface area contributed by atoms with Gasteiger partial charge in [0.05, 0.1) is 18.7 Å². The Bertz CT molecular complexity index is 736. The molecule has 0 unspecified atom stereocenters. The van der Waals surface area contributed by atoms with Gasteiger partial charge in [0, 0.05) is 19.3 Å². The van der Waals surface area contributed by atoms with Crippen molar-refractivity contribution in [1.29, 1.82) is 0 Å². The SMILES string of the molecule is CCCN(CCC(=O)OCC)C(=O)c1c(C)nc2c(C)cccn12. The lowest BCUT2D eigenvalue weighted by atomic mass is 10.2. The minimum Gasteiger partial charge on any atom is -0.466 e. The van der Waals surface area contributed by atoms with E-state index >= 15 is 0 Å². The lowest BCUT2D eigenvalue weighted by Crippen LogP contribution is -2.35. The molecule has 2 heterocycles. The topological polar surface area (TPSA) is 63.9 Å². The van der Waals surface area contributed by atoms with Crippen molar-refractivity contribution in [2.75, 3.05) is 19.7 Å². The highest BCUT2D eigenvalue weighted by atomic mass is 16.5. The molecule has 0 aliphatic rings. The zero-order valence-electron chi connectivity index (χ0n) is 14.8. The first-order valence-corrected chi connectivity index (χ1v) is 8.38. The van der Waals surface area contributed by atoms with Crippen molar-refractivity contribution < 1.29 is 14.3 Å². The van der Waals surface area contributed by atoms with Gasteiger partial charge in [0.15, 0.2) is 0 Å². The van der Waals surface area contributed by atoms with Gasteiger partial charge in [-0.15, -0.1) is 0 Å². The summed E-state index contributed by atoms with van der Waals surface area (Å²) in [5.74, 6) is -0.381. The van der Waals surface area contributed by atoms with Crippen molar-refractivity contribution in [3.63, 3.8) is 0 Å². The number of amides is 1. The zero-order valence-corrected chi connectivity index (χ0v) is 14.8. The fourth-order valence-corrected chi connectivity index (χ4v) is 2.77. The summed E-state index contributed by atoms with van der Waals surface area (Å²) >= 11 is 0. The zero-order chi connectivity index (χ0) is 17.7. The fraction of sp³-hybridized carbons (Fsp3) is 0.500. The number of carbonyl (C=O) groups excluding carboxylic acids is 2. The summed E-state index contributed by atoms with van der Waals surface area (Å²) in [6.07, 6.45) is 2.88. The van der Waals surface area contributed by atoms with Crippen molar-refractivity contribution in [2.45, 2.75) is 40.5 Å². The molecular formula is C18H25N3O3. The highest BCUT2D eigenvalue weighted by molar-refractivity contribution is 5.95. The van der Waals surface area contributed by atoms with E-state index in [0.29, 0.717) is 31.1 Å². The summed E-state index contributed by atoms with van der Waals surface area (Å²) in [5.41, 5.74) is 3.07. The number of pyridine rings is 1. The van der Waals surface area contributed by atoms with E-state index in [1.165, 1.54) is 0 Å². The Balaban J connectivity index is 2.28. The van der Waals surface area contributed by atoms with E-state index in [9.17, 15) is 9.59 Å². The van der Waals surface area contributed by atoms with E-state index in [1.54, 1.807) is 11.8 Å². The van der Waals surface area contributed by atoms with Crippen LogP contribution in [0.5, 0.6) is 0 Å². The maximum Gasteiger partial charge on any atom is 0.307 e. The Hall–Kier alpha value is -2.37. The highest BCUT2D eigenvalue weighted by Crippen LogP contribution is 2.17. The molecule has 0 aromatic carbocycles. The average Bonchev–Trinajstić information content (AvgIpc) is 2.88. The number of imidazole rings is 1. The molecule has 6 heteroatoms. The van der Waals surface area contributed by atoms with Gasteiger partial charge < -0.3 is 9.64 Å². The number of aromatic nitrogens is 2. The number of hydrogen-bond acceptors (Lipinski definition) is 4. The molecule has 0 aliphatic heterocycles. The first-order valence-electron chi connectivity index (χ1n) is 8.38. The molecular weight excluding hydrogens is 306 g/mol. The quantitative estimate of drug-likeness (QED) is 0.732. The van der Waals surface area contributed by atoms with Gasteiger partial charge in [-0.2, -0.15) is 0 Å². The summed E-state index contributed by atoms with van der Waals surface area (Å²) in [4.78, 5) is 30.9. The van der Waals surface area contributed by atoms with Gasteiger partial charge in [-0.25, -0.2) is 4.98 Å². The summed E-state index contributed by atoms with van der Waals surface area (Å²) < 4.78 is 6.79. The molecule has 2 rings (SSSR count). The van der Waals surface area contributed by atoms with Gasteiger partial charge in [-0.3, -0.25) is 14.0 Å². The second-order valence-corrected chi connectivity index (χ2v) is 5.78. The Morgan fingerprint density at radius 2 is 2.00 bits per heavy atom. The molecule has 0 saturated carbocycles. The second kappa shape index (κ2) is 7.95. The molecule has 0 aliphatic carbocycles. The largest absolute Gasteiger partial charge is 0.466 e.